The third kappa shape index (κ3) is 3.65. The van der Waals surface area contributed by atoms with Crippen LogP contribution in [0.2, 0.25) is 0 Å². The van der Waals surface area contributed by atoms with Crippen LogP contribution in [0, 0.1) is 5.92 Å². The molecule has 2 rings (SSSR count). The van der Waals surface area contributed by atoms with Crippen molar-refractivity contribution in [3.8, 4) is 0 Å². The van der Waals surface area contributed by atoms with Gasteiger partial charge < -0.3 is 4.74 Å². The smallest absolute Gasteiger partial charge is 0.198 e. The third-order valence-electron chi connectivity index (χ3n) is 3.35. The van der Waals surface area contributed by atoms with Crippen molar-refractivity contribution in [1.82, 2.24) is 0 Å². The summed E-state index contributed by atoms with van der Waals surface area (Å²) in [5.74, 6) is 0.824. The molecule has 1 heterocycles. The van der Waals surface area contributed by atoms with Crippen LogP contribution in [0.15, 0.2) is 12.1 Å². The van der Waals surface area contributed by atoms with Crippen LogP contribution in [0.4, 0.5) is 0 Å². The van der Waals surface area contributed by atoms with Crippen LogP contribution < -0.4 is 0 Å². The summed E-state index contributed by atoms with van der Waals surface area (Å²) in [5, 5.41) is 0. The van der Waals surface area contributed by atoms with Crippen molar-refractivity contribution < 1.29 is 9.53 Å². The van der Waals surface area contributed by atoms with E-state index in [9.17, 15) is 4.79 Å². The van der Waals surface area contributed by atoms with Crippen LogP contribution >= 0.6 is 11.3 Å². The molecule has 0 spiro atoms. The normalized spacial score (nSPS) is 16.5. The predicted octanol–water partition coefficient (Wildman–Crippen LogP) is 3.70. The molecule has 1 fully saturated rings. The van der Waals surface area contributed by atoms with Gasteiger partial charge in [-0.15, -0.1) is 11.3 Å². The monoisotopic (exact) mass is 252 g/mol. The van der Waals surface area contributed by atoms with Gasteiger partial charge in [0.05, 0.1) is 11.5 Å². The lowest BCUT2D eigenvalue weighted by Crippen LogP contribution is -2.12. The molecule has 1 aliphatic rings. The quantitative estimate of drug-likeness (QED) is 0.722. The minimum Gasteiger partial charge on any atom is -0.373 e. The largest absolute Gasteiger partial charge is 0.373 e. The lowest BCUT2D eigenvalue weighted by atomic mass is 10.1. The fourth-order valence-electron chi connectivity index (χ4n) is 2.28. The van der Waals surface area contributed by atoms with E-state index >= 15 is 0 Å². The van der Waals surface area contributed by atoms with Gasteiger partial charge in [-0.3, -0.25) is 4.79 Å². The molecule has 0 saturated heterocycles. The van der Waals surface area contributed by atoms with Gasteiger partial charge in [-0.25, -0.2) is 0 Å². The number of aryl methyl sites for hydroxylation is 1. The van der Waals surface area contributed by atoms with Gasteiger partial charge in [-0.2, -0.15) is 0 Å². The maximum Gasteiger partial charge on any atom is 0.198 e. The molecule has 0 N–H and O–H groups in total. The van der Waals surface area contributed by atoms with Gasteiger partial charge in [-0.05, 0) is 37.3 Å². The highest BCUT2D eigenvalue weighted by molar-refractivity contribution is 7.14. The van der Waals surface area contributed by atoms with E-state index in [1.165, 1.54) is 30.6 Å². The lowest BCUT2D eigenvalue weighted by Gasteiger charge is -2.08. The fraction of sp³-hybridized carbons (Fsp3) is 0.643. The van der Waals surface area contributed by atoms with Crippen molar-refractivity contribution in [3.05, 3.63) is 21.9 Å². The summed E-state index contributed by atoms with van der Waals surface area (Å²) in [6.45, 7) is 3.12. The van der Waals surface area contributed by atoms with E-state index in [1.54, 1.807) is 11.3 Å². The molecule has 0 amide bonds. The van der Waals surface area contributed by atoms with Gasteiger partial charge in [0.1, 0.15) is 6.61 Å². The average Bonchev–Trinajstić information content (AvgIpc) is 2.99. The maximum absolute atomic E-state index is 11.8. The first-order valence-corrected chi connectivity index (χ1v) is 7.31. The Morgan fingerprint density at radius 2 is 2.18 bits per heavy atom. The highest BCUT2D eigenvalue weighted by Gasteiger charge is 2.16. The number of hydrogen-bond donors (Lipinski definition) is 0. The molecule has 0 atom stereocenters. The van der Waals surface area contributed by atoms with Crippen LogP contribution in [0.5, 0.6) is 0 Å². The second-order valence-electron chi connectivity index (χ2n) is 4.71. The van der Waals surface area contributed by atoms with Crippen molar-refractivity contribution in [3.63, 3.8) is 0 Å². The van der Waals surface area contributed by atoms with Crippen LogP contribution in [0.3, 0.4) is 0 Å². The first-order chi connectivity index (χ1) is 8.29. The molecule has 0 aromatic carbocycles. The van der Waals surface area contributed by atoms with Gasteiger partial charge in [-0.1, -0.05) is 19.8 Å². The summed E-state index contributed by atoms with van der Waals surface area (Å²) in [6.07, 6.45) is 6.20. The predicted molar refractivity (Wildman–Crippen MR) is 70.8 cm³/mol. The second kappa shape index (κ2) is 6.31. The molecule has 0 unspecified atom stereocenters. The molecule has 94 valence electrons. The fourth-order valence-corrected chi connectivity index (χ4v) is 3.16. The SMILES string of the molecule is CCc1ccc(C(=O)COCC2CCCC2)s1. The summed E-state index contributed by atoms with van der Waals surface area (Å²) >= 11 is 1.59. The van der Waals surface area contributed by atoms with E-state index in [1.807, 2.05) is 12.1 Å². The van der Waals surface area contributed by atoms with Gasteiger partial charge in [0.25, 0.3) is 0 Å². The van der Waals surface area contributed by atoms with Gasteiger partial charge in [0.2, 0.25) is 0 Å². The average molecular weight is 252 g/mol. The minimum absolute atomic E-state index is 0.132. The van der Waals surface area contributed by atoms with Crippen molar-refractivity contribution >= 4 is 17.1 Å². The van der Waals surface area contributed by atoms with Crippen LogP contribution in [-0.4, -0.2) is 19.0 Å². The van der Waals surface area contributed by atoms with E-state index in [4.69, 9.17) is 4.74 Å². The Morgan fingerprint density at radius 1 is 1.41 bits per heavy atom. The van der Waals surface area contributed by atoms with Crippen molar-refractivity contribution in [2.24, 2.45) is 5.92 Å². The number of thiophene rings is 1. The Hall–Kier alpha value is -0.670. The molecule has 0 aliphatic heterocycles. The Balaban J connectivity index is 1.72. The van der Waals surface area contributed by atoms with Crippen molar-refractivity contribution in [2.75, 3.05) is 13.2 Å². The Morgan fingerprint density at radius 3 is 2.82 bits per heavy atom. The Labute approximate surface area is 107 Å². The molecule has 1 aliphatic carbocycles. The van der Waals surface area contributed by atoms with Crippen LogP contribution in [0.25, 0.3) is 0 Å². The van der Waals surface area contributed by atoms with E-state index in [0.29, 0.717) is 5.92 Å². The standard InChI is InChI=1S/C14H20O2S/c1-2-12-7-8-14(17-12)13(15)10-16-9-11-5-3-4-6-11/h7-8,11H,2-6,9-10H2,1H3. The summed E-state index contributed by atoms with van der Waals surface area (Å²) in [5.41, 5.74) is 0. The van der Waals surface area contributed by atoms with Gasteiger partial charge in [0.15, 0.2) is 5.78 Å². The number of carbonyl (C=O) groups is 1. The number of Topliss-reactive ketones (excluding diaryl/α,β-unsaturated/α-hetero) is 1. The molecule has 17 heavy (non-hydrogen) atoms. The summed E-state index contributed by atoms with van der Waals surface area (Å²) < 4.78 is 5.53. The number of ketones is 1. The lowest BCUT2D eigenvalue weighted by molar-refractivity contribution is 0.0685. The molecule has 3 heteroatoms. The van der Waals surface area contributed by atoms with E-state index in [-0.39, 0.29) is 12.4 Å². The number of hydrogen-bond acceptors (Lipinski definition) is 3. The summed E-state index contributed by atoms with van der Waals surface area (Å²) in [6, 6.07) is 3.96. The molecule has 1 saturated carbocycles. The molecule has 1 aromatic heterocycles. The Kier molecular flexibility index (Phi) is 4.75. The number of carbonyl (C=O) groups excluding carboxylic acids is 1. The van der Waals surface area contributed by atoms with Crippen molar-refractivity contribution in [2.45, 2.75) is 39.0 Å². The first kappa shape index (κ1) is 12.8. The van der Waals surface area contributed by atoms with Crippen LogP contribution in [-0.2, 0) is 11.2 Å². The van der Waals surface area contributed by atoms with Gasteiger partial charge >= 0.3 is 0 Å². The molecular weight excluding hydrogens is 232 g/mol. The zero-order valence-electron chi connectivity index (χ0n) is 10.4. The van der Waals surface area contributed by atoms with E-state index < -0.39 is 0 Å². The van der Waals surface area contributed by atoms with Gasteiger partial charge in [0, 0.05) is 4.88 Å². The van der Waals surface area contributed by atoms with Crippen molar-refractivity contribution in [1.29, 1.82) is 0 Å². The maximum atomic E-state index is 11.8. The topological polar surface area (TPSA) is 26.3 Å². The van der Waals surface area contributed by atoms with Crippen LogP contribution in [0.1, 0.15) is 47.2 Å². The third-order valence-corrected chi connectivity index (χ3v) is 4.62. The summed E-state index contributed by atoms with van der Waals surface area (Å²) in [4.78, 5) is 13.9. The Bertz CT molecular complexity index is 364. The minimum atomic E-state index is 0.132. The first-order valence-electron chi connectivity index (χ1n) is 6.49. The molecule has 1 aromatic rings. The molecule has 0 radical (unpaired) electrons. The molecular formula is C14H20O2S. The highest BCUT2D eigenvalue weighted by atomic mass is 32.1. The second-order valence-corrected chi connectivity index (χ2v) is 5.88. The number of ether oxygens (including phenoxy) is 1. The zero-order valence-corrected chi connectivity index (χ0v) is 11.2. The summed E-state index contributed by atoms with van der Waals surface area (Å²) in [7, 11) is 0. The highest BCUT2D eigenvalue weighted by Crippen LogP contribution is 2.25. The molecule has 2 nitrogen and oxygen atoms in total. The number of rotatable bonds is 6. The van der Waals surface area contributed by atoms with E-state index in [2.05, 4.69) is 6.92 Å². The van der Waals surface area contributed by atoms with E-state index in [0.717, 1.165) is 17.9 Å². The zero-order chi connectivity index (χ0) is 12.1. The molecule has 0 bridgehead atoms.